The van der Waals surface area contributed by atoms with Gasteiger partial charge in [-0.15, -0.1) is 0 Å². The van der Waals surface area contributed by atoms with Crippen molar-refractivity contribution in [3.8, 4) is 5.75 Å². The predicted molar refractivity (Wildman–Crippen MR) is 139 cm³/mol. The normalized spacial score (nSPS) is 18.7. The van der Waals surface area contributed by atoms with E-state index in [0.717, 1.165) is 25.2 Å². The summed E-state index contributed by atoms with van der Waals surface area (Å²) < 4.78 is 11.1. The lowest BCUT2D eigenvalue weighted by Crippen LogP contribution is -2.39. The third kappa shape index (κ3) is 6.11. The van der Waals surface area contributed by atoms with Crippen molar-refractivity contribution in [3.05, 3.63) is 95.8 Å². The number of allylic oxidation sites excluding steroid dienone is 1. The number of nitrogens with zero attached hydrogens (tertiary/aromatic N) is 2. The van der Waals surface area contributed by atoms with E-state index in [1.165, 1.54) is 6.08 Å². The minimum absolute atomic E-state index is 0.0828. The molecule has 7 heteroatoms. The van der Waals surface area contributed by atoms with Crippen LogP contribution in [0.15, 0.2) is 84.7 Å². The van der Waals surface area contributed by atoms with E-state index < -0.39 is 23.5 Å². The second kappa shape index (κ2) is 12.3. The van der Waals surface area contributed by atoms with Crippen LogP contribution in [0.25, 0.3) is 6.08 Å². The van der Waals surface area contributed by atoms with Crippen molar-refractivity contribution >= 4 is 17.8 Å². The molecular formula is C29H32N2O5. The van der Waals surface area contributed by atoms with Crippen LogP contribution >= 0.6 is 0 Å². The van der Waals surface area contributed by atoms with Gasteiger partial charge in [0.2, 0.25) is 0 Å². The Morgan fingerprint density at radius 3 is 2.64 bits per heavy atom. The van der Waals surface area contributed by atoms with Crippen molar-refractivity contribution in [1.82, 2.24) is 9.80 Å². The number of amides is 1. The van der Waals surface area contributed by atoms with Crippen molar-refractivity contribution in [2.24, 2.45) is 0 Å². The summed E-state index contributed by atoms with van der Waals surface area (Å²) in [4.78, 5) is 30.4. The van der Waals surface area contributed by atoms with Crippen molar-refractivity contribution in [1.29, 1.82) is 0 Å². The largest absolute Gasteiger partial charge is 0.503 e. The highest BCUT2D eigenvalue weighted by Crippen LogP contribution is 2.39. The van der Waals surface area contributed by atoms with E-state index in [9.17, 15) is 14.7 Å². The molecule has 0 bridgehead atoms. The molecule has 2 aliphatic rings. The highest BCUT2D eigenvalue weighted by molar-refractivity contribution is 6.14. The molecule has 1 atom stereocenters. The molecule has 0 aliphatic carbocycles. The Morgan fingerprint density at radius 1 is 1.11 bits per heavy atom. The Bertz CT molecular complexity index is 1140. The molecule has 0 aromatic heterocycles. The highest BCUT2D eigenvalue weighted by atomic mass is 16.5. The van der Waals surface area contributed by atoms with Crippen LogP contribution < -0.4 is 4.74 Å². The monoisotopic (exact) mass is 488 g/mol. The minimum Gasteiger partial charge on any atom is -0.503 e. The van der Waals surface area contributed by atoms with Gasteiger partial charge in [-0.05, 0) is 35.8 Å². The van der Waals surface area contributed by atoms with Crippen LogP contribution in [0, 0.1) is 0 Å². The summed E-state index contributed by atoms with van der Waals surface area (Å²) >= 11 is 0. The molecule has 1 saturated heterocycles. The zero-order valence-electron chi connectivity index (χ0n) is 20.3. The molecule has 2 aromatic carbocycles. The lowest BCUT2D eigenvalue weighted by atomic mass is 9.95. The van der Waals surface area contributed by atoms with Gasteiger partial charge < -0.3 is 19.5 Å². The van der Waals surface area contributed by atoms with E-state index in [1.807, 2.05) is 54.6 Å². The first-order valence-corrected chi connectivity index (χ1v) is 12.2. The van der Waals surface area contributed by atoms with Gasteiger partial charge in [0.25, 0.3) is 5.91 Å². The Morgan fingerprint density at radius 2 is 1.89 bits per heavy atom. The lowest BCUT2D eigenvalue weighted by Gasteiger charge is -2.30. The number of hydrogen-bond acceptors (Lipinski definition) is 6. The van der Waals surface area contributed by atoms with Crippen LogP contribution in [-0.4, -0.2) is 72.6 Å². The number of rotatable bonds is 11. The average molecular weight is 489 g/mol. The first-order valence-electron chi connectivity index (χ1n) is 12.2. The number of aliphatic hydroxyl groups excluding tert-OH is 1. The maximum absolute atomic E-state index is 13.3. The maximum atomic E-state index is 13.3. The first kappa shape index (κ1) is 25.4. The van der Waals surface area contributed by atoms with Crippen LogP contribution in [0.1, 0.15) is 23.6 Å². The highest BCUT2D eigenvalue weighted by Gasteiger charge is 2.42. The standard InChI is InChI=1S/C29H32N2O5/c1-2-18-36-24-11-6-10-23(21-24)27-26(25(32)13-12-22-8-4-3-5-9-22)28(33)29(34)31(27)15-7-14-30-16-19-35-20-17-30/h2-6,8-13,21,27,33H,1,7,14-20H2/b13-12+. The molecule has 36 heavy (non-hydrogen) atoms. The number of carbonyl (C=O) groups is 2. The van der Waals surface area contributed by atoms with Crippen molar-refractivity contribution in [2.75, 3.05) is 46.0 Å². The summed E-state index contributed by atoms with van der Waals surface area (Å²) in [6, 6.07) is 16.0. The topological polar surface area (TPSA) is 79.3 Å². The number of benzene rings is 2. The van der Waals surface area contributed by atoms with Crippen molar-refractivity contribution < 1.29 is 24.2 Å². The zero-order valence-corrected chi connectivity index (χ0v) is 20.3. The third-order valence-electron chi connectivity index (χ3n) is 6.31. The summed E-state index contributed by atoms with van der Waals surface area (Å²) in [5, 5.41) is 10.8. The number of hydrogen-bond donors (Lipinski definition) is 1. The van der Waals surface area contributed by atoms with Gasteiger partial charge in [-0.1, -0.05) is 61.2 Å². The molecule has 7 nitrogen and oxygen atoms in total. The molecule has 188 valence electrons. The van der Waals surface area contributed by atoms with E-state index in [1.54, 1.807) is 17.1 Å². The molecule has 2 heterocycles. The van der Waals surface area contributed by atoms with Gasteiger partial charge in [-0.25, -0.2) is 0 Å². The summed E-state index contributed by atoms with van der Waals surface area (Å²) in [6.07, 6.45) is 5.47. The zero-order chi connectivity index (χ0) is 25.3. The molecule has 0 spiro atoms. The fraction of sp³-hybridized carbons (Fsp3) is 0.310. The first-order chi connectivity index (χ1) is 17.6. The molecule has 0 saturated carbocycles. The fourth-order valence-electron chi connectivity index (χ4n) is 4.53. The molecule has 1 amide bonds. The van der Waals surface area contributed by atoms with Gasteiger partial charge in [0.1, 0.15) is 12.4 Å². The van der Waals surface area contributed by atoms with E-state index in [-0.39, 0.29) is 5.57 Å². The van der Waals surface area contributed by atoms with Crippen LogP contribution in [0.3, 0.4) is 0 Å². The smallest absolute Gasteiger partial charge is 0.290 e. The lowest BCUT2D eigenvalue weighted by molar-refractivity contribution is -0.129. The SMILES string of the molecule is C=CCOc1cccc(C2C(C(=O)/C=C/c3ccccc3)=C(O)C(=O)N2CCCN2CCOCC2)c1. The summed E-state index contributed by atoms with van der Waals surface area (Å²) in [5.74, 6) is -0.823. The van der Waals surface area contributed by atoms with E-state index in [0.29, 0.717) is 44.1 Å². The summed E-state index contributed by atoms with van der Waals surface area (Å²) in [7, 11) is 0. The Hall–Kier alpha value is -3.68. The molecule has 2 aromatic rings. The minimum atomic E-state index is -0.706. The third-order valence-corrected chi connectivity index (χ3v) is 6.31. The predicted octanol–water partition coefficient (Wildman–Crippen LogP) is 3.95. The number of ketones is 1. The molecule has 1 fully saturated rings. The van der Waals surface area contributed by atoms with Crippen molar-refractivity contribution in [2.45, 2.75) is 12.5 Å². The summed E-state index contributed by atoms with van der Waals surface area (Å²) in [6.45, 7) is 8.35. The average Bonchev–Trinajstić information content (AvgIpc) is 3.17. The quantitative estimate of drug-likeness (QED) is 0.381. The number of aliphatic hydroxyl groups is 1. The molecule has 2 aliphatic heterocycles. The number of carbonyl (C=O) groups excluding carboxylic acids is 2. The number of ether oxygens (including phenoxy) is 2. The van der Waals surface area contributed by atoms with Gasteiger partial charge >= 0.3 is 0 Å². The molecule has 4 rings (SSSR count). The van der Waals surface area contributed by atoms with Gasteiger partial charge in [-0.2, -0.15) is 0 Å². The van der Waals surface area contributed by atoms with Crippen LogP contribution in [-0.2, 0) is 14.3 Å². The van der Waals surface area contributed by atoms with Gasteiger partial charge in [0.15, 0.2) is 11.5 Å². The number of morpholine rings is 1. The summed E-state index contributed by atoms with van der Waals surface area (Å²) in [5.41, 5.74) is 1.64. The molecular weight excluding hydrogens is 456 g/mol. The Kier molecular flexibility index (Phi) is 8.71. The Balaban J connectivity index is 1.60. The molecule has 0 radical (unpaired) electrons. The molecule has 1 N–H and O–H groups in total. The van der Waals surface area contributed by atoms with Gasteiger partial charge in [0, 0.05) is 26.2 Å². The molecule has 1 unspecified atom stereocenters. The van der Waals surface area contributed by atoms with E-state index in [4.69, 9.17) is 9.47 Å². The van der Waals surface area contributed by atoms with Crippen molar-refractivity contribution in [3.63, 3.8) is 0 Å². The van der Waals surface area contributed by atoms with Crippen LogP contribution in [0.2, 0.25) is 0 Å². The van der Waals surface area contributed by atoms with Crippen LogP contribution in [0.5, 0.6) is 5.75 Å². The van der Waals surface area contributed by atoms with Gasteiger partial charge in [-0.3, -0.25) is 14.5 Å². The van der Waals surface area contributed by atoms with E-state index >= 15 is 0 Å². The second-order valence-corrected chi connectivity index (χ2v) is 8.75. The second-order valence-electron chi connectivity index (χ2n) is 8.75. The maximum Gasteiger partial charge on any atom is 0.290 e. The fourth-order valence-corrected chi connectivity index (χ4v) is 4.53. The van der Waals surface area contributed by atoms with Gasteiger partial charge in [0.05, 0.1) is 24.8 Å². The Labute approximate surface area is 211 Å². The van der Waals surface area contributed by atoms with Crippen LogP contribution in [0.4, 0.5) is 0 Å². The van der Waals surface area contributed by atoms with E-state index in [2.05, 4.69) is 11.5 Å².